The van der Waals surface area contributed by atoms with Crippen molar-refractivity contribution in [2.45, 2.75) is 0 Å². The van der Waals surface area contributed by atoms with Gasteiger partial charge < -0.3 is 39.4 Å². The molecule has 0 aliphatic carbocycles. The van der Waals surface area contributed by atoms with Gasteiger partial charge in [-0.15, -0.1) is 0 Å². The Bertz CT molecular complexity index is 1940. The average molecular weight is 645 g/mol. The Morgan fingerprint density at radius 2 is 0.667 bits per heavy atom. The summed E-state index contributed by atoms with van der Waals surface area (Å²) in [6, 6.07) is 37.0. The second-order valence-electron chi connectivity index (χ2n) is 10.7. The van der Waals surface area contributed by atoms with Crippen molar-refractivity contribution in [1.82, 2.24) is 0 Å². The van der Waals surface area contributed by atoms with Crippen LogP contribution < -0.4 is 18.9 Å². The summed E-state index contributed by atoms with van der Waals surface area (Å²) < 4.78 is 20.9. The van der Waals surface area contributed by atoms with Gasteiger partial charge in [-0.25, -0.2) is 0 Å². The maximum absolute atomic E-state index is 10.0. The minimum absolute atomic E-state index is 0.00976. The van der Waals surface area contributed by atoms with E-state index in [4.69, 9.17) is 18.9 Å². The molecule has 244 valence electrons. The lowest BCUT2D eigenvalue weighted by Gasteiger charge is -2.13. The van der Waals surface area contributed by atoms with Crippen molar-refractivity contribution in [3.63, 3.8) is 0 Å². The maximum atomic E-state index is 10.0. The molecule has 0 spiro atoms. The Labute approximate surface area is 279 Å². The largest absolute Gasteiger partial charge is 0.508 e. The highest BCUT2D eigenvalue weighted by Crippen LogP contribution is 2.41. The molecule has 6 rings (SSSR count). The number of benzene rings is 6. The van der Waals surface area contributed by atoms with Gasteiger partial charge in [0.05, 0.1) is 28.4 Å². The highest BCUT2D eigenvalue weighted by atomic mass is 16.5. The minimum Gasteiger partial charge on any atom is -0.508 e. The molecule has 6 aromatic rings. The van der Waals surface area contributed by atoms with Crippen molar-refractivity contribution < 1.29 is 39.4 Å². The zero-order chi connectivity index (χ0) is 34.2. The van der Waals surface area contributed by atoms with Gasteiger partial charge in [-0.2, -0.15) is 0 Å². The van der Waals surface area contributed by atoms with Gasteiger partial charge >= 0.3 is 0 Å². The summed E-state index contributed by atoms with van der Waals surface area (Å²) in [7, 11) is 6.09. The average Bonchev–Trinajstić information content (AvgIpc) is 3.12. The van der Waals surface area contributed by atoms with E-state index in [1.165, 1.54) is 21.3 Å². The van der Waals surface area contributed by atoms with E-state index in [0.717, 1.165) is 44.5 Å². The van der Waals surface area contributed by atoms with Gasteiger partial charge in [0.1, 0.15) is 17.2 Å². The molecule has 0 bridgehead atoms. The van der Waals surface area contributed by atoms with Crippen molar-refractivity contribution in [2.24, 2.45) is 0 Å². The molecule has 0 fully saturated rings. The Kier molecular flexibility index (Phi) is 10.3. The molecule has 0 aliphatic rings. The molecule has 48 heavy (non-hydrogen) atoms. The van der Waals surface area contributed by atoms with Gasteiger partial charge in [-0.05, 0) is 81.4 Å². The molecule has 0 aliphatic heterocycles. The number of ether oxygens (including phenoxy) is 4. The Morgan fingerprint density at radius 1 is 0.333 bits per heavy atom. The van der Waals surface area contributed by atoms with E-state index >= 15 is 0 Å². The molecular formula is C40H36O8. The molecule has 0 saturated heterocycles. The number of rotatable bonds is 8. The van der Waals surface area contributed by atoms with Crippen LogP contribution in [0.15, 0.2) is 121 Å². The van der Waals surface area contributed by atoms with Gasteiger partial charge in [0, 0.05) is 11.6 Å². The summed E-state index contributed by atoms with van der Waals surface area (Å²) in [5, 5.41) is 38.6. The fraction of sp³-hybridized carbons (Fsp3) is 0.100. The summed E-state index contributed by atoms with van der Waals surface area (Å²) in [6.07, 6.45) is 0. The fourth-order valence-corrected chi connectivity index (χ4v) is 5.17. The quantitative estimate of drug-likeness (QED) is 0.130. The molecule has 8 nitrogen and oxygen atoms in total. The van der Waals surface area contributed by atoms with E-state index in [0.29, 0.717) is 23.0 Å². The number of phenolic OH excluding ortho intramolecular Hbond substituents is 4. The molecular weight excluding hydrogens is 608 g/mol. The van der Waals surface area contributed by atoms with Crippen LogP contribution in [0.5, 0.6) is 46.0 Å². The van der Waals surface area contributed by atoms with Gasteiger partial charge in [-0.1, -0.05) is 72.8 Å². The van der Waals surface area contributed by atoms with Crippen molar-refractivity contribution >= 4 is 0 Å². The van der Waals surface area contributed by atoms with E-state index in [9.17, 15) is 20.4 Å². The van der Waals surface area contributed by atoms with Crippen LogP contribution in [0.3, 0.4) is 0 Å². The third kappa shape index (κ3) is 7.40. The summed E-state index contributed by atoms with van der Waals surface area (Å²) in [4.78, 5) is 0. The highest BCUT2D eigenvalue weighted by Gasteiger charge is 2.14. The van der Waals surface area contributed by atoms with E-state index in [-0.39, 0.29) is 23.0 Å². The van der Waals surface area contributed by atoms with Crippen LogP contribution in [0, 0.1) is 0 Å². The number of hydrogen-bond donors (Lipinski definition) is 4. The van der Waals surface area contributed by atoms with Crippen LogP contribution in [0.4, 0.5) is 0 Å². The van der Waals surface area contributed by atoms with Gasteiger partial charge in [0.2, 0.25) is 5.75 Å². The molecule has 0 saturated carbocycles. The first-order valence-electron chi connectivity index (χ1n) is 14.9. The molecule has 0 amide bonds. The topological polar surface area (TPSA) is 118 Å². The molecule has 8 heteroatoms. The lowest BCUT2D eigenvalue weighted by atomic mass is 9.99. The Hall–Kier alpha value is -6.28. The maximum Gasteiger partial charge on any atom is 0.200 e. The summed E-state index contributed by atoms with van der Waals surface area (Å²) in [5.74, 6) is 2.23. The molecule has 4 N–H and O–H groups in total. The summed E-state index contributed by atoms with van der Waals surface area (Å²) in [5.41, 5.74) is 7.81. The number of phenols is 4. The molecule has 0 unspecified atom stereocenters. The van der Waals surface area contributed by atoms with Gasteiger partial charge in [0.15, 0.2) is 23.0 Å². The smallest absolute Gasteiger partial charge is 0.200 e. The third-order valence-electron chi connectivity index (χ3n) is 7.80. The second-order valence-corrected chi connectivity index (χ2v) is 10.7. The molecule has 0 aromatic heterocycles. The van der Waals surface area contributed by atoms with Gasteiger partial charge in [-0.3, -0.25) is 0 Å². The first-order valence-corrected chi connectivity index (χ1v) is 14.9. The molecule has 0 radical (unpaired) electrons. The highest BCUT2D eigenvalue weighted by molar-refractivity contribution is 5.77. The normalized spacial score (nSPS) is 10.4. The summed E-state index contributed by atoms with van der Waals surface area (Å²) >= 11 is 0. The predicted molar refractivity (Wildman–Crippen MR) is 187 cm³/mol. The summed E-state index contributed by atoms with van der Waals surface area (Å²) in [6.45, 7) is 0. The number of aromatic hydroxyl groups is 4. The van der Waals surface area contributed by atoms with E-state index in [1.807, 2.05) is 72.8 Å². The third-order valence-corrected chi connectivity index (χ3v) is 7.80. The zero-order valence-corrected chi connectivity index (χ0v) is 27.0. The lowest BCUT2D eigenvalue weighted by molar-refractivity contribution is 0.340. The Morgan fingerprint density at radius 3 is 1.04 bits per heavy atom. The fourth-order valence-electron chi connectivity index (χ4n) is 5.17. The first kappa shape index (κ1) is 33.1. The first-order chi connectivity index (χ1) is 23.2. The number of hydrogen-bond acceptors (Lipinski definition) is 8. The lowest BCUT2D eigenvalue weighted by Crippen LogP contribution is -1.91. The molecule has 0 atom stereocenters. The predicted octanol–water partition coefficient (Wildman–Crippen LogP) is 8.90. The van der Waals surface area contributed by atoms with E-state index in [2.05, 4.69) is 0 Å². The SMILES string of the molecule is COc1cc(-c2ccc(-c3ccc(O)cc3)cc2)c(OC)cc1O.COc1cc(-c2ccc(-c3ccc(O)cc3)cc2)cc(OC)c1O. The minimum atomic E-state index is -0.00976. The van der Waals surface area contributed by atoms with Gasteiger partial charge in [0.25, 0.3) is 0 Å². The van der Waals surface area contributed by atoms with Crippen LogP contribution in [-0.4, -0.2) is 48.9 Å². The Balaban J connectivity index is 0.000000188. The van der Waals surface area contributed by atoms with E-state index in [1.54, 1.807) is 55.6 Å². The standard InChI is InChI=1S/2C20H18O4/c1-23-18-11-16(12-19(24-2)20(18)22)15-5-3-13(4-6-15)14-7-9-17(21)10-8-14;1-23-19-12-18(22)20(24-2)11-17(19)15-5-3-13(4-6-15)14-7-9-16(21)10-8-14/h2*3-12,21-22H,1-2H3. The van der Waals surface area contributed by atoms with Crippen LogP contribution in [0.2, 0.25) is 0 Å². The van der Waals surface area contributed by atoms with Crippen LogP contribution in [0.1, 0.15) is 0 Å². The van der Waals surface area contributed by atoms with Crippen molar-refractivity contribution in [2.75, 3.05) is 28.4 Å². The zero-order valence-electron chi connectivity index (χ0n) is 27.0. The molecule has 6 aromatic carbocycles. The van der Waals surface area contributed by atoms with E-state index < -0.39 is 0 Å². The number of methoxy groups -OCH3 is 4. The van der Waals surface area contributed by atoms with Crippen molar-refractivity contribution in [1.29, 1.82) is 0 Å². The second kappa shape index (κ2) is 14.9. The molecule has 0 heterocycles. The van der Waals surface area contributed by atoms with Crippen LogP contribution in [0.25, 0.3) is 44.5 Å². The van der Waals surface area contributed by atoms with Crippen molar-refractivity contribution in [3.8, 4) is 90.5 Å². The van der Waals surface area contributed by atoms with Crippen LogP contribution in [-0.2, 0) is 0 Å². The van der Waals surface area contributed by atoms with Crippen LogP contribution >= 0.6 is 0 Å². The van der Waals surface area contributed by atoms with Crippen molar-refractivity contribution in [3.05, 3.63) is 121 Å². The monoisotopic (exact) mass is 644 g/mol.